The lowest BCUT2D eigenvalue weighted by atomic mass is 10.1. The third-order valence-electron chi connectivity index (χ3n) is 5.35. The first kappa shape index (κ1) is 20.6. The van der Waals surface area contributed by atoms with Gasteiger partial charge in [0, 0.05) is 20.0 Å². The fourth-order valence-corrected chi connectivity index (χ4v) is 3.67. The van der Waals surface area contributed by atoms with E-state index in [0.717, 1.165) is 12.8 Å². The molecule has 1 aliphatic heterocycles. The first-order valence-corrected chi connectivity index (χ1v) is 12.1. The number of methoxy groups -OCH3 is 1. The van der Waals surface area contributed by atoms with Gasteiger partial charge in [-0.3, -0.25) is 0 Å². The Balaban J connectivity index is 1.88. The summed E-state index contributed by atoms with van der Waals surface area (Å²) in [5.74, 6) is 0. The number of benzene rings is 1. The fourth-order valence-electron chi connectivity index (χ4n) is 2.63. The highest BCUT2D eigenvalue weighted by Crippen LogP contribution is 2.37. The van der Waals surface area contributed by atoms with Crippen LogP contribution in [0.15, 0.2) is 30.3 Å². The summed E-state index contributed by atoms with van der Waals surface area (Å²) in [4.78, 5) is 0. The Labute approximate surface area is 153 Å². The van der Waals surface area contributed by atoms with Crippen molar-refractivity contribution in [3.8, 4) is 0 Å². The maximum absolute atomic E-state index is 6.34. The van der Waals surface area contributed by atoms with E-state index in [0.29, 0.717) is 13.2 Å². The summed E-state index contributed by atoms with van der Waals surface area (Å²) in [6.45, 7) is 12.5. The second-order valence-corrected chi connectivity index (χ2v) is 13.2. The van der Waals surface area contributed by atoms with Gasteiger partial charge in [0.15, 0.2) is 14.6 Å². The Kier molecular flexibility index (Phi) is 7.23. The summed E-state index contributed by atoms with van der Waals surface area (Å²) in [5.41, 5.74) is 1.19. The topological polar surface area (TPSA) is 36.9 Å². The molecule has 1 aromatic carbocycles. The quantitative estimate of drug-likeness (QED) is 0.653. The monoisotopic (exact) mass is 366 g/mol. The molecular weight excluding hydrogens is 332 g/mol. The SMILES string of the molecule is CO[C@@H]1C[C@@H](OCc2ccccc2)C[C@@H](CO[Si](C)(C)C(C)(C)C)O1. The van der Waals surface area contributed by atoms with Crippen LogP contribution in [0.3, 0.4) is 0 Å². The van der Waals surface area contributed by atoms with Crippen molar-refractivity contribution in [3.63, 3.8) is 0 Å². The van der Waals surface area contributed by atoms with Gasteiger partial charge in [-0.05, 0) is 23.7 Å². The van der Waals surface area contributed by atoms with Gasteiger partial charge in [-0.2, -0.15) is 0 Å². The molecule has 2 rings (SSSR count). The molecule has 1 aromatic rings. The van der Waals surface area contributed by atoms with E-state index in [1.54, 1.807) is 7.11 Å². The maximum atomic E-state index is 6.34. The molecule has 0 saturated carbocycles. The molecule has 0 aromatic heterocycles. The molecule has 0 spiro atoms. The van der Waals surface area contributed by atoms with E-state index in [1.165, 1.54) is 5.56 Å². The lowest BCUT2D eigenvalue weighted by Gasteiger charge is -2.39. The van der Waals surface area contributed by atoms with Gasteiger partial charge in [0.1, 0.15) is 0 Å². The van der Waals surface area contributed by atoms with Crippen LogP contribution in [-0.2, 0) is 25.2 Å². The molecule has 0 N–H and O–H groups in total. The van der Waals surface area contributed by atoms with Crippen LogP contribution in [0.1, 0.15) is 39.2 Å². The highest BCUT2D eigenvalue weighted by atomic mass is 28.4. The second kappa shape index (κ2) is 8.78. The Hall–Kier alpha value is -0.723. The predicted molar refractivity (Wildman–Crippen MR) is 103 cm³/mol. The first-order valence-electron chi connectivity index (χ1n) is 9.19. The highest BCUT2D eigenvalue weighted by Gasteiger charge is 2.39. The van der Waals surface area contributed by atoms with Gasteiger partial charge in [0.2, 0.25) is 0 Å². The molecule has 1 aliphatic rings. The molecule has 0 amide bonds. The van der Waals surface area contributed by atoms with Gasteiger partial charge in [-0.25, -0.2) is 0 Å². The molecule has 142 valence electrons. The molecule has 0 bridgehead atoms. The number of hydrogen-bond donors (Lipinski definition) is 0. The van der Waals surface area contributed by atoms with Gasteiger partial charge in [-0.1, -0.05) is 51.1 Å². The summed E-state index contributed by atoms with van der Waals surface area (Å²) in [7, 11) is -0.0854. The summed E-state index contributed by atoms with van der Waals surface area (Å²) < 4.78 is 23.9. The Bertz CT molecular complexity index is 512. The zero-order chi connectivity index (χ0) is 18.5. The summed E-state index contributed by atoms with van der Waals surface area (Å²) in [6.07, 6.45) is 1.55. The van der Waals surface area contributed by atoms with Crippen LogP contribution in [0.5, 0.6) is 0 Å². The molecule has 1 saturated heterocycles. The van der Waals surface area contributed by atoms with E-state index in [4.69, 9.17) is 18.6 Å². The third kappa shape index (κ3) is 6.18. The van der Waals surface area contributed by atoms with Crippen LogP contribution < -0.4 is 0 Å². The van der Waals surface area contributed by atoms with E-state index in [9.17, 15) is 0 Å². The lowest BCUT2D eigenvalue weighted by molar-refractivity contribution is -0.218. The number of hydrogen-bond acceptors (Lipinski definition) is 4. The van der Waals surface area contributed by atoms with E-state index in [-0.39, 0.29) is 23.5 Å². The van der Waals surface area contributed by atoms with Crippen molar-refractivity contribution in [2.45, 2.75) is 76.8 Å². The van der Waals surface area contributed by atoms with Crippen molar-refractivity contribution >= 4 is 8.32 Å². The molecule has 0 aliphatic carbocycles. The summed E-state index contributed by atoms with van der Waals surface area (Å²) in [5, 5.41) is 0.200. The molecule has 4 nitrogen and oxygen atoms in total. The smallest absolute Gasteiger partial charge is 0.192 e. The Morgan fingerprint density at radius 2 is 1.80 bits per heavy atom. The van der Waals surface area contributed by atoms with E-state index in [2.05, 4.69) is 46.0 Å². The van der Waals surface area contributed by atoms with Crippen LogP contribution in [0.2, 0.25) is 18.1 Å². The van der Waals surface area contributed by atoms with Gasteiger partial charge in [-0.15, -0.1) is 0 Å². The zero-order valence-electron chi connectivity index (χ0n) is 16.6. The third-order valence-corrected chi connectivity index (χ3v) is 9.85. The van der Waals surface area contributed by atoms with Crippen LogP contribution in [0, 0.1) is 0 Å². The average Bonchev–Trinajstić information content (AvgIpc) is 2.58. The second-order valence-electron chi connectivity index (χ2n) is 8.38. The van der Waals surface area contributed by atoms with E-state index < -0.39 is 8.32 Å². The van der Waals surface area contributed by atoms with Crippen molar-refractivity contribution in [2.75, 3.05) is 13.7 Å². The molecule has 0 unspecified atom stereocenters. The molecule has 5 heteroatoms. The number of rotatable bonds is 7. The number of ether oxygens (including phenoxy) is 3. The average molecular weight is 367 g/mol. The highest BCUT2D eigenvalue weighted by molar-refractivity contribution is 6.74. The van der Waals surface area contributed by atoms with Crippen molar-refractivity contribution in [2.24, 2.45) is 0 Å². The van der Waals surface area contributed by atoms with Crippen molar-refractivity contribution in [1.29, 1.82) is 0 Å². The van der Waals surface area contributed by atoms with Crippen molar-refractivity contribution < 1.29 is 18.6 Å². The summed E-state index contributed by atoms with van der Waals surface area (Å²) in [6, 6.07) is 10.3. The zero-order valence-corrected chi connectivity index (χ0v) is 17.6. The lowest BCUT2D eigenvalue weighted by Crippen LogP contribution is -2.46. The Morgan fingerprint density at radius 1 is 1.12 bits per heavy atom. The molecule has 1 heterocycles. The molecule has 1 fully saturated rings. The largest absolute Gasteiger partial charge is 0.414 e. The van der Waals surface area contributed by atoms with Crippen LogP contribution in [-0.4, -0.2) is 40.5 Å². The minimum absolute atomic E-state index is 0.0219. The van der Waals surface area contributed by atoms with Gasteiger partial charge in [0.25, 0.3) is 0 Å². The first-order chi connectivity index (χ1) is 11.7. The van der Waals surface area contributed by atoms with E-state index >= 15 is 0 Å². The summed E-state index contributed by atoms with van der Waals surface area (Å²) >= 11 is 0. The minimum atomic E-state index is -1.78. The van der Waals surface area contributed by atoms with Crippen LogP contribution in [0.4, 0.5) is 0 Å². The molecule has 25 heavy (non-hydrogen) atoms. The minimum Gasteiger partial charge on any atom is -0.414 e. The van der Waals surface area contributed by atoms with Gasteiger partial charge >= 0.3 is 0 Å². The molecular formula is C20H34O4Si. The van der Waals surface area contributed by atoms with Crippen LogP contribution >= 0.6 is 0 Å². The van der Waals surface area contributed by atoms with Crippen molar-refractivity contribution in [1.82, 2.24) is 0 Å². The van der Waals surface area contributed by atoms with E-state index in [1.807, 2.05) is 18.2 Å². The predicted octanol–water partition coefficient (Wildman–Crippen LogP) is 4.75. The van der Waals surface area contributed by atoms with Gasteiger partial charge < -0.3 is 18.6 Å². The van der Waals surface area contributed by atoms with Gasteiger partial charge in [0.05, 0.1) is 25.4 Å². The molecule has 3 atom stereocenters. The van der Waals surface area contributed by atoms with Crippen molar-refractivity contribution in [3.05, 3.63) is 35.9 Å². The standard InChI is InChI=1S/C20H34O4Si/c1-20(2,3)25(5,6)23-15-18-12-17(13-19(21-4)24-18)22-14-16-10-8-7-9-11-16/h7-11,17-19H,12-15H2,1-6H3/t17-,18-,19-/m0/s1. The Morgan fingerprint density at radius 3 is 2.40 bits per heavy atom. The van der Waals surface area contributed by atoms with Crippen LogP contribution in [0.25, 0.3) is 0 Å². The fraction of sp³-hybridized carbons (Fsp3) is 0.700. The normalized spacial score (nSPS) is 25.1. The molecule has 0 radical (unpaired) electrons. The maximum Gasteiger partial charge on any atom is 0.192 e.